The van der Waals surface area contributed by atoms with E-state index in [9.17, 15) is 9.59 Å². The zero-order valence-corrected chi connectivity index (χ0v) is 15.9. The lowest BCUT2D eigenvalue weighted by Crippen LogP contribution is -2.59. The van der Waals surface area contributed by atoms with Crippen molar-refractivity contribution in [2.75, 3.05) is 52.4 Å². The molecule has 0 aliphatic carbocycles. The van der Waals surface area contributed by atoms with Gasteiger partial charge in [0.15, 0.2) is 0 Å². The third-order valence-electron chi connectivity index (χ3n) is 5.40. The quantitative estimate of drug-likeness (QED) is 0.672. The minimum absolute atomic E-state index is 0.0378. The predicted octanol–water partition coefficient (Wildman–Crippen LogP) is -0.0853. The number of nitrogens with zero attached hydrogens (tertiary/aromatic N) is 3. The number of hydrogen-bond donors (Lipinski definition) is 2. The summed E-state index contributed by atoms with van der Waals surface area (Å²) in [6.45, 7) is 6.97. The molecule has 8 nitrogen and oxygen atoms in total. The summed E-state index contributed by atoms with van der Waals surface area (Å²) in [5.41, 5.74) is 3.56. The maximum absolute atomic E-state index is 13.2. The zero-order chi connectivity index (χ0) is 19.1. The number of rotatable bonds is 6. The van der Waals surface area contributed by atoms with Gasteiger partial charge in [-0.05, 0) is 44.5 Å². The van der Waals surface area contributed by atoms with E-state index in [0.717, 1.165) is 44.6 Å². The Hall–Kier alpha value is -2.03. The number of nitrogens with one attached hydrogen (secondary N) is 2. The van der Waals surface area contributed by atoms with Crippen LogP contribution in [-0.2, 0) is 19.7 Å². The molecule has 2 aliphatic heterocycles. The van der Waals surface area contributed by atoms with Crippen LogP contribution in [-0.4, -0.2) is 79.2 Å². The van der Waals surface area contributed by atoms with Crippen LogP contribution in [0.3, 0.4) is 0 Å². The van der Waals surface area contributed by atoms with E-state index in [0.29, 0.717) is 26.2 Å². The Balaban J connectivity index is 1.58. The number of piperazine rings is 1. The van der Waals surface area contributed by atoms with E-state index < -0.39 is 5.41 Å². The first-order valence-electron chi connectivity index (χ1n) is 9.69. The second-order valence-electron chi connectivity index (χ2n) is 7.08. The fourth-order valence-corrected chi connectivity index (χ4v) is 3.80. The highest BCUT2D eigenvalue weighted by atomic mass is 16.5. The summed E-state index contributed by atoms with van der Waals surface area (Å²) in [5.74, 6) is -0.156. The Labute approximate surface area is 160 Å². The maximum atomic E-state index is 13.2. The Morgan fingerprint density at radius 1 is 1.26 bits per heavy atom. The van der Waals surface area contributed by atoms with Crippen molar-refractivity contribution in [3.05, 3.63) is 30.1 Å². The van der Waals surface area contributed by atoms with Crippen LogP contribution in [0, 0.1) is 0 Å². The van der Waals surface area contributed by atoms with Gasteiger partial charge < -0.3 is 10.1 Å². The highest BCUT2D eigenvalue weighted by Crippen LogP contribution is 2.33. The summed E-state index contributed by atoms with van der Waals surface area (Å²) in [4.78, 5) is 31.1. The monoisotopic (exact) mass is 375 g/mol. The number of ether oxygens (including phenoxy) is 1. The van der Waals surface area contributed by atoms with Crippen molar-refractivity contribution in [1.29, 1.82) is 0 Å². The van der Waals surface area contributed by atoms with Gasteiger partial charge >= 0.3 is 5.97 Å². The van der Waals surface area contributed by atoms with E-state index in [2.05, 4.69) is 20.6 Å². The molecule has 3 heterocycles. The van der Waals surface area contributed by atoms with Gasteiger partial charge in [-0.3, -0.25) is 24.9 Å². The van der Waals surface area contributed by atoms with Gasteiger partial charge in [-0.1, -0.05) is 6.07 Å². The number of carbonyl (C=O) groups is 2. The van der Waals surface area contributed by atoms with Crippen LogP contribution >= 0.6 is 0 Å². The molecule has 0 spiro atoms. The number of amides is 1. The molecule has 0 atom stereocenters. The number of pyridine rings is 1. The summed E-state index contributed by atoms with van der Waals surface area (Å²) in [6.07, 6.45) is 5.06. The van der Waals surface area contributed by atoms with E-state index in [4.69, 9.17) is 4.74 Å². The number of aromatic nitrogens is 1. The smallest absolute Gasteiger partial charge is 0.320 e. The molecule has 2 N–H and O–H groups in total. The molecule has 1 amide bonds. The lowest BCUT2D eigenvalue weighted by Gasteiger charge is -2.40. The molecular weight excluding hydrogens is 346 g/mol. The van der Waals surface area contributed by atoms with Crippen molar-refractivity contribution in [3.8, 4) is 0 Å². The minimum Gasteiger partial charge on any atom is -0.465 e. The van der Waals surface area contributed by atoms with Crippen LogP contribution < -0.4 is 10.7 Å². The maximum Gasteiger partial charge on any atom is 0.320 e. The number of hydrazine groups is 1. The number of piperidine rings is 1. The van der Waals surface area contributed by atoms with E-state index >= 15 is 0 Å². The Bertz CT molecular complexity index is 625. The van der Waals surface area contributed by atoms with Crippen LogP contribution in [0.5, 0.6) is 0 Å². The van der Waals surface area contributed by atoms with Gasteiger partial charge in [-0.2, -0.15) is 0 Å². The Kier molecular flexibility index (Phi) is 6.76. The summed E-state index contributed by atoms with van der Waals surface area (Å²) in [5, 5.41) is 5.30. The summed E-state index contributed by atoms with van der Waals surface area (Å²) >= 11 is 0. The average molecular weight is 375 g/mol. The highest BCUT2D eigenvalue weighted by molar-refractivity contribution is 5.88. The molecule has 0 bridgehead atoms. The molecule has 2 saturated heterocycles. The predicted molar refractivity (Wildman–Crippen MR) is 101 cm³/mol. The zero-order valence-electron chi connectivity index (χ0n) is 15.9. The van der Waals surface area contributed by atoms with Crippen molar-refractivity contribution in [2.24, 2.45) is 0 Å². The minimum atomic E-state index is -0.540. The SMILES string of the molecule is CCOC(=O)CN1CCN(NC(=O)C2(c3cccnc3)CCNCC2)CC1. The largest absolute Gasteiger partial charge is 0.465 e. The first kappa shape index (κ1) is 19.7. The van der Waals surface area contributed by atoms with Crippen LogP contribution in [0.4, 0.5) is 0 Å². The molecule has 0 saturated carbocycles. The van der Waals surface area contributed by atoms with Gasteiger partial charge in [-0.25, -0.2) is 5.01 Å². The van der Waals surface area contributed by atoms with E-state index in [1.807, 2.05) is 30.3 Å². The molecule has 3 rings (SSSR count). The average Bonchev–Trinajstić information content (AvgIpc) is 2.71. The van der Waals surface area contributed by atoms with Crippen molar-refractivity contribution >= 4 is 11.9 Å². The third-order valence-corrected chi connectivity index (χ3v) is 5.40. The van der Waals surface area contributed by atoms with Gasteiger partial charge in [0.1, 0.15) is 0 Å². The number of carbonyl (C=O) groups excluding carboxylic acids is 2. The van der Waals surface area contributed by atoms with E-state index in [1.54, 1.807) is 6.20 Å². The van der Waals surface area contributed by atoms with Crippen molar-refractivity contribution < 1.29 is 14.3 Å². The molecular formula is C19H29N5O3. The van der Waals surface area contributed by atoms with Gasteiger partial charge in [0, 0.05) is 38.6 Å². The van der Waals surface area contributed by atoms with Crippen molar-refractivity contribution in [3.63, 3.8) is 0 Å². The molecule has 1 aromatic rings. The fraction of sp³-hybridized carbons (Fsp3) is 0.632. The second kappa shape index (κ2) is 9.25. The Morgan fingerprint density at radius 3 is 2.63 bits per heavy atom. The van der Waals surface area contributed by atoms with Gasteiger partial charge in [0.2, 0.25) is 5.91 Å². The summed E-state index contributed by atoms with van der Waals surface area (Å²) in [7, 11) is 0. The standard InChI is InChI=1S/C19H29N5O3/c1-2-27-17(25)15-23-10-12-24(13-11-23)22-18(26)19(5-8-20-9-6-19)16-4-3-7-21-14-16/h3-4,7,14,20H,2,5-6,8-13,15H2,1H3,(H,22,26). The molecule has 27 heavy (non-hydrogen) atoms. The first-order valence-corrected chi connectivity index (χ1v) is 9.69. The summed E-state index contributed by atoms with van der Waals surface area (Å²) < 4.78 is 5.00. The third kappa shape index (κ3) is 4.82. The van der Waals surface area contributed by atoms with Crippen LogP contribution in [0.25, 0.3) is 0 Å². The molecule has 0 unspecified atom stereocenters. The lowest BCUT2D eigenvalue weighted by atomic mass is 9.73. The van der Waals surface area contributed by atoms with Gasteiger partial charge in [-0.15, -0.1) is 0 Å². The van der Waals surface area contributed by atoms with Crippen LogP contribution in [0.2, 0.25) is 0 Å². The van der Waals surface area contributed by atoms with E-state index in [-0.39, 0.29) is 11.9 Å². The normalized spacial score (nSPS) is 20.8. The molecule has 148 valence electrons. The van der Waals surface area contributed by atoms with Crippen LogP contribution in [0.15, 0.2) is 24.5 Å². The molecule has 1 aromatic heterocycles. The van der Waals surface area contributed by atoms with Crippen LogP contribution in [0.1, 0.15) is 25.3 Å². The van der Waals surface area contributed by atoms with Crippen molar-refractivity contribution in [2.45, 2.75) is 25.2 Å². The fourth-order valence-electron chi connectivity index (χ4n) is 3.80. The highest BCUT2D eigenvalue weighted by Gasteiger charge is 2.42. The van der Waals surface area contributed by atoms with Gasteiger partial charge in [0.05, 0.1) is 18.6 Å². The molecule has 0 aromatic carbocycles. The lowest BCUT2D eigenvalue weighted by molar-refractivity contribution is -0.145. The number of esters is 1. The summed E-state index contributed by atoms with van der Waals surface area (Å²) in [6, 6.07) is 3.88. The van der Waals surface area contributed by atoms with Crippen molar-refractivity contribution in [1.82, 2.24) is 25.6 Å². The first-order chi connectivity index (χ1) is 13.1. The molecule has 2 aliphatic rings. The number of hydrogen-bond acceptors (Lipinski definition) is 7. The Morgan fingerprint density at radius 2 is 2.00 bits per heavy atom. The molecule has 0 radical (unpaired) electrons. The molecule has 8 heteroatoms. The van der Waals surface area contributed by atoms with Gasteiger partial charge in [0.25, 0.3) is 0 Å². The molecule has 2 fully saturated rings. The topological polar surface area (TPSA) is 86.8 Å². The van der Waals surface area contributed by atoms with E-state index in [1.165, 1.54) is 0 Å². The second-order valence-corrected chi connectivity index (χ2v) is 7.08.